The number of carbonyl (C=O) groups excluding carboxylic acids is 1. The molecule has 1 saturated heterocycles. The molecule has 118 valence electrons. The van der Waals surface area contributed by atoms with E-state index in [4.69, 9.17) is 9.47 Å². The van der Waals surface area contributed by atoms with Gasteiger partial charge >= 0.3 is 5.97 Å². The molecule has 0 spiro atoms. The molecule has 1 aromatic rings. The van der Waals surface area contributed by atoms with E-state index in [-0.39, 0.29) is 12.6 Å². The Hall–Kier alpha value is -0.920. The van der Waals surface area contributed by atoms with Crippen LogP contribution in [0.1, 0.15) is 33.0 Å². The van der Waals surface area contributed by atoms with Crippen LogP contribution in [0.5, 0.6) is 0 Å². The summed E-state index contributed by atoms with van der Waals surface area (Å²) in [6, 6.07) is 0. The number of rotatable bonds is 4. The zero-order valence-corrected chi connectivity index (χ0v) is 14.5. The molecule has 0 amide bonds. The number of imidazole rings is 1. The number of aryl methyl sites for hydroxylation is 1. The van der Waals surface area contributed by atoms with E-state index in [1.165, 1.54) is 0 Å². The molecule has 0 radical (unpaired) electrons. The summed E-state index contributed by atoms with van der Waals surface area (Å²) in [7, 11) is 1.92. The second-order valence-electron chi connectivity index (χ2n) is 6.29. The second kappa shape index (κ2) is 6.06. The average Bonchev–Trinajstić information content (AvgIpc) is 2.92. The highest BCUT2D eigenvalue weighted by Crippen LogP contribution is 2.32. The summed E-state index contributed by atoms with van der Waals surface area (Å²) in [6.45, 7) is 6.91. The Morgan fingerprint density at radius 3 is 2.76 bits per heavy atom. The van der Waals surface area contributed by atoms with Gasteiger partial charge in [-0.25, -0.2) is 9.78 Å². The number of aromatic nitrogens is 2. The van der Waals surface area contributed by atoms with Crippen molar-refractivity contribution in [3.8, 4) is 0 Å². The Labute approximate surface area is 133 Å². The number of carbonyl (C=O) groups is 1. The van der Waals surface area contributed by atoms with E-state index < -0.39 is 11.2 Å². The van der Waals surface area contributed by atoms with Gasteiger partial charge in [-0.15, -0.1) is 0 Å². The number of nitrogens with zero attached hydrogens (tertiary/aromatic N) is 2. The largest absolute Gasteiger partial charge is 0.458 e. The number of hydrogen-bond donors (Lipinski definition) is 1. The van der Waals surface area contributed by atoms with Crippen LogP contribution in [0.3, 0.4) is 0 Å². The lowest BCUT2D eigenvalue weighted by molar-refractivity contribution is -0.167. The summed E-state index contributed by atoms with van der Waals surface area (Å²) in [5.74, 6) is 0.449. The van der Waals surface area contributed by atoms with Crippen molar-refractivity contribution in [3.05, 3.63) is 16.6 Å². The van der Waals surface area contributed by atoms with E-state index in [2.05, 4.69) is 26.2 Å². The first-order valence-corrected chi connectivity index (χ1v) is 7.77. The first-order valence-electron chi connectivity index (χ1n) is 6.98. The topological polar surface area (TPSA) is 65.4 Å². The van der Waals surface area contributed by atoms with Crippen LogP contribution in [0.2, 0.25) is 0 Å². The van der Waals surface area contributed by atoms with Gasteiger partial charge in [0.1, 0.15) is 28.2 Å². The van der Waals surface area contributed by atoms with Gasteiger partial charge in [0.25, 0.3) is 0 Å². The number of esters is 1. The number of nitrogens with one attached hydrogen (secondary N) is 1. The molecule has 1 fully saturated rings. The minimum atomic E-state index is -0.586. The molecule has 0 aliphatic carbocycles. The van der Waals surface area contributed by atoms with E-state index in [0.29, 0.717) is 6.54 Å². The highest BCUT2D eigenvalue weighted by molar-refractivity contribution is 9.10. The van der Waals surface area contributed by atoms with Crippen LogP contribution in [0, 0.1) is 0 Å². The molecular formula is C14H22BrN3O3. The van der Waals surface area contributed by atoms with Gasteiger partial charge in [-0.1, -0.05) is 0 Å². The molecule has 7 heteroatoms. The second-order valence-corrected chi connectivity index (χ2v) is 7.11. The Kier molecular flexibility index (Phi) is 4.75. The summed E-state index contributed by atoms with van der Waals surface area (Å²) in [5.41, 5.74) is -1.09. The zero-order chi connectivity index (χ0) is 15.7. The lowest BCUT2D eigenvalue weighted by Crippen LogP contribution is -2.38. The Morgan fingerprint density at radius 1 is 1.57 bits per heavy atom. The molecule has 1 unspecified atom stereocenters. The predicted molar refractivity (Wildman–Crippen MR) is 81.9 cm³/mol. The Balaban J connectivity index is 2.10. The maximum atomic E-state index is 11.9. The molecule has 1 aliphatic heterocycles. The molecule has 6 nitrogen and oxygen atoms in total. The normalized spacial score (nSPS) is 22.5. The van der Waals surface area contributed by atoms with Gasteiger partial charge in [-0.3, -0.25) is 0 Å². The van der Waals surface area contributed by atoms with Gasteiger partial charge < -0.3 is 19.4 Å². The molecule has 1 atom stereocenters. The van der Waals surface area contributed by atoms with Gasteiger partial charge in [0.05, 0.1) is 0 Å². The number of halogens is 1. The van der Waals surface area contributed by atoms with Gasteiger partial charge in [0.15, 0.2) is 0 Å². The van der Waals surface area contributed by atoms with E-state index in [0.717, 1.165) is 23.4 Å². The molecule has 21 heavy (non-hydrogen) atoms. The molecule has 1 N–H and O–H groups in total. The van der Waals surface area contributed by atoms with Crippen molar-refractivity contribution in [3.63, 3.8) is 0 Å². The SMILES string of the molecule is Cn1cc(Br)nc1C1(OCC(=O)OC(C)(C)C)CCNC1. The minimum Gasteiger partial charge on any atom is -0.458 e. The van der Waals surface area contributed by atoms with Crippen molar-refractivity contribution in [2.75, 3.05) is 19.7 Å². The molecule has 1 aliphatic rings. The quantitative estimate of drug-likeness (QED) is 0.829. The van der Waals surface area contributed by atoms with E-state index in [1.54, 1.807) is 0 Å². The minimum absolute atomic E-state index is 0.0799. The van der Waals surface area contributed by atoms with Crippen molar-refractivity contribution in [1.82, 2.24) is 14.9 Å². The average molecular weight is 360 g/mol. The molecule has 0 bridgehead atoms. The fraction of sp³-hybridized carbons (Fsp3) is 0.714. The first kappa shape index (κ1) is 16.5. The van der Waals surface area contributed by atoms with E-state index >= 15 is 0 Å². The molecule has 2 rings (SSSR count). The Morgan fingerprint density at radius 2 is 2.29 bits per heavy atom. The standard InChI is InChI=1S/C14H22BrN3O3/c1-13(2,3)21-11(19)8-20-14(5-6-16-9-14)12-17-10(15)7-18(12)4/h7,16H,5-6,8-9H2,1-4H3. The van der Waals surface area contributed by atoms with Crippen molar-refractivity contribution < 1.29 is 14.3 Å². The number of ether oxygens (including phenoxy) is 2. The zero-order valence-electron chi connectivity index (χ0n) is 12.9. The maximum Gasteiger partial charge on any atom is 0.332 e. The van der Waals surface area contributed by atoms with Crippen molar-refractivity contribution in [1.29, 1.82) is 0 Å². The molecular weight excluding hydrogens is 338 g/mol. The van der Waals surface area contributed by atoms with Crippen LogP contribution in [-0.4, -0.2) is 40.8 Å². The van der Waals surface area contributed by atoms with Gasteiger partial charge in [-0.2, -0.15) is 0 Å². The first-order chi connectivity index (χ1) is 9.72. The van der Waals surface area contributed by atoms with E-state index in [9.17, 15) is 4.79 Å². The van der Waals surface area contributed by atoms with Gasteiger partial charge in [-0.05, 0) is 49.7 Å². The fourth-order valence-corrected chi connectivity index (χ4v) is 2.94. The van der Waals surface area contributed by atoms with Crippen LogP contribution < -0.4 is 5.32 Å². The maximum absolute atomic E-state index is 11.9. The van der Waals surface area contributed by atoms with Crippen LogP contribution >= 0.6 is 15.9 Å². The molecule has 1 aromatic heterocycles. The van der Waals surface area contributed by atoms with Crippen molar-refractivity contribution in [2.45, 2.75) is 38.4 Å². The summed E-state index contributed by atoms with van der Waals surface area (Å²) in [6.07, 6.45) is 2.65. The monoisotopic (exact) mass is 359 g/mol. The van der Waals surface area contributed by atoms with Gasteiger partial charge in [0, 0.05) is 19.8 Å². The van der Waals surface area contributed by atoms with Crippen LogP contribution in [0.15, 0.2) is 10.8 Å². The summed E-state index contributed by atoms with van der Waals surface area (Å²) in [4.78, 5) is 16.4. The van der Waals surface area contributed by atoms with Crippen LogP contribution in [-0.2, 0) is 26.9 Å². The third kappa shape index (κ3) is 4.05. The Bertz CT molecular complexity index is 516. The number of hydrogen-bond acceptors (Lipinski definition) is 5. The smallest absolute Gasteiger partial charge is 0.332 e. The van der Waals surface area contributed by atoms with Gasteiger partial charge in [0.2, 0.25) is 0 Å². The highest BCUT2D eigenvalue weighted by atomic mass is 79.9. The summed E-state index contributed by atoms with van der Waals surface area (Å²) >= 11 is 3.37. The summed E-state index contributed by atoms with van der Waals surface area (Å²) < 4.78 is 13.9. The highest BCUT2D eigenvalue weighted by Gasteiger charge is 2.41. The fourth-order valence-electron chi connectivity index (χ4n) is 2.47. The lowest BCUT2D eigenvalue weighted by Gasteiger charge is -2.28. The van der Waals surface area contributed by atoms with Crippen molar-refractivity contribution in [2.24, 2.45) is 7.05 Å². The van der Waals surface area contributed by atoms with Crippen LogP contribution in [0.25, 0.3) is 0 Å². The third-order valence-corrected chi connectivity index (χ3v) is 3.64. The predicted octanol–water partition coefficient (Wildman–Crippen LogP) is 1.73. The molecule has 0 saturated carbocycles. The van der Waals surface area contributed by atoms with E-state index in [1.807, 2.05) is 38.6 Å². The van der Waals surface area contributed by atoms with Crippen LogP contribution in [0.4, 0.5) is 0 Å². The molecule has 2 heterocycles. The van der Waals surface area contributed by atoms with Crippen molar-refractivity contribution >= 4 is 21.9 Å². The lowest BCUT2D eigenvalue weighted by atomic mass is 10.0. The third-order valence-electron chi connectivity index (χ3n) is 3.26. The summed E-state index contributed by atoms with van der Waals surface area (Å²) in [5, 5.41) is 3.27. The molecule has 0 aromatic carbocycles.